The Hall–Kier alpha value is -1.97. The topological polar surface area (TPSA) is 58.5 Å². The summed E-state index contributed by atoms with van der Waals surface area (Å²) in [5.74, 6) is 0.231. The Morgan fingerprint density at radius 1 is 1.33 bits per heavy atom. The lowest BCUT2D eigenvalue weighted by Crippen LogP contribution is -2.28. The van der Waals surface area contributed by atoms with Crippen molar-refractivity contribution in [3.05, 3.63) is 24.3 Å². The van der Waals surface area contributed by atoms with Gasteiger partial charge in [-0.05, 0) is 30.0 Å². The second kappa shape index (κ2) is 6.20. The molecule has 0 unspecified atom stereocenters. The van der Waals surface area contributed by atoms with E-state index in [-0.39, 0.29) is 17.1 Å². The van der Waals surface area contributed by atoms with Crippen molar-refractivity contribution in [1.82, 2.24) is 0 Å². The van der Waals surface area contributed by atoms with Crippen molar-refractivity contribution in [3.63, 3.8) is 0 Å². The van der Waals surface area contributed by atoms with Crippen molar-refractivity contribution < 1.29 is 9.59 Å². The van der Waals surface area contributed by atoms with Crippen LogP contribution in [0.3, 0.4) is 0 Å². The van der Waals surface area contributed by atoms with E-state index < -0.39 is 0 Å². The molecule has 112 valence electrons. The van der Waals surface area contributed by atoms with Gasteiger partial charge in [-0.2, -0.15) is 0 Å². The van der Waals surface area contributed by atoms with E-state index in [4.69, 9.17) is 0 Å². The van der Waals surface area contributed by atoms with E-state index in [2.05, 4.69) is 24.2 Å². The molecule has 1 aliphatic rings. The number of Topliss-reactive ketones (excluding diaryl/α,β-unsaturated/α-hetero) is 1. The Balaban J connectivity index is 2.18. The van der Waals surface area contributed by atoms with Gasteiger partial charge in [0.2, 0.25) is 5.91 Å². The van der Waals surface area contributed by atoms with E-state index in [0.29, 0.717) is 19.3 Å². The van der Waals surface area contributed by atoms with Gasteiger partial charge in [0, 0.05) is 30.7 Å². The van der Waals surface area contributed by atoms with Crippen LogP contribution in [0.25, 0.3) is 0 Å². The first-order valence-corrected chi connectivity index (χ1v) is 7.36. The number of rotatable bonds is 3. The number of carbonyl (C=O) groups excluding carboxylic acids is 2. The monoisotopic (exact) mass is 286 g/mol. The molecule has 0 radical (unpaired) electrons. The van der Waals surface area contributed by atoms with Crippen LogP contribution in [0.1, 0.15) is 46.5 Å². The Kier molecular flexibility index (Phi) is 4.56. The van der Waals surface area contributed by atoms with Crippen LogP contribution < -0.4 is 5.32 Å². The SMILES string of the molecule is CCC(=O)Nc1cccc(N=C2CC(=O)CC(C)(C)C2)c1. The highest BCUT2D eigenvalue weighted by molar-refractivity contribution is 6.05. The summed E-state index contributed by atoms with van der Waals surface area (Å²) < 4.78 is 0. The highest BCUT2D eigenvalue weighted by Crippen LogP contribution is 2.33. The molecule has 2 rings (SSSR count). The molecule has 4 heteroatoms. The molecule has 1 aromatic rings. The second-order valence-electron chi connectivity index (χ2n) is 6.36. The molecule has 1 aliphatic carbocycles. The van der Waals surface area contributed by atoms with Gasteiger partial charge in [-0.15, -0.1) is 0 Å². The smallest absolute Gasteiger partial charge is 0.224 e. The van der Waals surface area contributed by atoms with Crippen LogP contribution >= 0.6 is 0 Å². The zero-order valence-electron chi connectivity index (χ0n) is 12.9. The third-order valence-electron chi connectivity index (χ3n) is 3.50. The zero-order valence-corrected chi connectivity index (χ0v) is 12.9. The molecule has 0 heterocycles. The highest BCUT2D eigenvalue weighted by atomic mass is 16.1. The van der Waals surface area contributed by atoms with Crippen LogP contribution in [0, 0.1) is 5.41 Å². The Labute approximate surface area is 125 Å². The summed E-state index contributed by atoms with van der Waals surface area (Å²) in [6, 6.07) is 7.43. The number of nitrogens with zero attached hydrogens (tertiary/aromatic N) is 1. The number of ketones is 1. The first-order chi connectivity index (χ1) is 9.88. The average molecular weight is 286 g/mol. The molecule has 1 amide bonds. The lowest BCUT2D eigenvalue weighted by Gasteiger charge is -2.29. The average Bonchev–Trinajstić information content (AvgIpc) is 2.36. The minimum atomic E-state index is -0.0196. The number of hydrogen-bond donors (Lipinski definition) is 1. The summed E-state index contributed by atoms with van der Waals surface area (Å²) in [4.78, 5) is 27.8. The van der Waals surface area contributed by atoms with Gasteiger partial charge in [0.05, 0.1) is 5.69 Å². The molecule has 0 spiro atoms. The molecule has 1 fully saturated rings. The van der Waals surface area contributed by atoms with E-state index in [1.807, 2.05) is 31.2 Å². The number of anilines is 1. The van der Waals surface area contributed by atoms with Crippen molar-refractivity contribution in [2.75, 3.05) is 5.32 Å². The fraction of sp³-hybridized carbons (Fsp3) is 0.471. The third-order valence-corrected chi connectivity index (χ3v) is 3.50. The van der Waals surface area contributed by atoms with Crippen LogP contribution in [0.4, 0.5) is 11.4 Å². The van der Waals surface area contributed by atoms with Gasteiger partial charge in [-0.25, -0.2) is 0 Å². The van der Waals surface area contributed by atoms with Crippen LogP contribution in [0.5, 0.6) is 0 Å². The predicted octanol–water partition coefficient (Wildman–Crippen LogP) is 3.89. The maximum Gasteiger partial charge on any atom is 0.224 e. The van der Waals surface area contributed by atoms with Crippen LogP contribution in [0.15, 0.2) is 29.3 Å². The fourth-order valence-electron chi connectivity index (χ4n) is 2.67. The molecule has 1 aromatic carbocycles. The van der Waals surface area contributed by atoms with Crippen molar-refractivity contribution in [2.24, 2.45) is 10.4 Å². The molecule has 4 nitrogen and oxygen atoms in total. The minimum Gasteiger partial charge on any atom is -0.326 e. The van der Waals surface area contributed by atoms with Crippen molar-refractivity contribution in [3.8, 4) is 0 Å². The van der Waals surface area contributed by atoms with Gasteiger partial charge in [0.1, 0.15) is 5.78 Å². The van der Waals surface area contributed by atoms with Gasteiger partial charge in [0.25, 0.3) is 0 Å². The second-order valence-corrected chi connectivity index (χ2v) is 6.36. The molecular formula is C17H22N2O2. The maximum absolute atomic E-state index is 11.8. The van der Waals surface area contributed by atoms with E-state index in [9.17, 15) is 9.59 Å². The van der Waals surface area contributed by atoms with Gasteiger partial charge < -0.3 is 5.32 Å². The van der Waals surface area contributed by atoms with Crippen LogP contribution in [0.2, 0.25) is 0 Å². The van der Waals surface area contributed by atoms with Crippen LogP contribution in [-0.4, -0.2) is 17.4 Å². The summed E-state index contributed by atoms with van der Waals surface area (Å²) in [5, 5.41) is 2.82. The Morgan fingerprint density at radius 3 is 2.76 bits per heavy atom. The summed E-state index contributed by atoms with van der Waals surface area (Å²) in [7, 11) is 0. The standard InChI is InChI=1S/C17H22N2O2/c1-4-16(21)19-13-7-5-6-12(8-13)18-14-9-15(20)11-17(2,3)10-14/h5-8H,4,9-11H2,1-3H3,(H,19,21). The highest BCUT2D eigenvalue weighted by Gasteiger charge is 2.30. The Bertz CT molecular complexity index is 588. The number of amides is 1. The molecule has 21 heavy (non-hydrogen) atoms. The summed E-state index contributed by atoms with van der Waals surface area (Å²) in [5.41, 5.74) is 2.44. The molecule has 1 saturated carbocycles. The molecule has 0 aromatic heterocycles. The summed E-state index contributed by atoms with van der Waals surface area (Å²) in [6.45, 7) is 6.00. The lowest BCUT2D eigenvalue weighted by molar-refractivity contribution is -0.120. The van der Waals surface area contributed by atoms with E-state index in [1.54, 1.807) is 0 Å². The minimum absolute atomic E-state index is 0.0117. The molecule has 1 N–H and O–H groups in total. The number of carbonyl (C=O) groups is 2. The number of aliphatic imine (C=N–C) groups is 1. The van der Waals surface area contributed by atoms with Gasteiger partial charge in [-0.3, -0.25) is 14.6 Å². The molecule has 0 aliphatic heterocycles. The number of nitrogens with one attached hydrogen (secondary N) is 1. The van der Waals surface area contributed by atoms with Gasteiger partial charge >= 0.3 is 0 Å². The fourth-order valence-corrected chi connectivity index (χ4v) is 2.67. The molecule has 0 bridgehead atoms. The van der Waals surface area contributed by atoms with E-state index >= 15 is 0 Å². The first-order valence-electron chi connectivity index (χ1n) is 7.36. The largest absolute Gasteiger partial charge is 0.326 e. The van der Waals surface area contributed by atoms with Crippen molar-refractivity contribution in [2.45, 2.75) is 46.5 Å². The number of benzene rings is 1. The third kappa shape index (κ3) is 4.52. The van der Waals surface area contributed by atoms with Crippen molar-refractivity contribution >= 4 is 28.8 Å². The van der Waals surface area contributed by atoms with Crippen molar-refractivity contribution in [1.29, 1.82) is 0 Å². The molecular weight excluding hydrogens is 264 g/mol. The lowest BCUT2D eigenvalue weighted by atomic mass is 9.76. The van der Waals surface area contributed by atoms with Gasteiger partial charge in [0.15, 0.2) is 0 Å². The summed E-state index contributed by atoms with van der Waals surface area (Å²) >= 11 is 0. The van der Waals surface area contributed by atoms with E-state index in [1.165, 1.54) is 0 Å². The van der Waals surface area contributed by atoms with Crippen LogP contribution in [-0.2, 0) is 9.59 Å². The summed E-state index contributed by atoms with van der Waals surface area (Å²) in [6.07, 6.45) is 2.35. The quantitative estimate of drug-likeness (QED) is 0.916. The Morgan fingerprint density at radius 2 is 2.10 bits per heavy atom. The van der Waals surface area contributed by atoms with E-state index in [0.717, 1.165) is 23.5 Å². The molecule has 0 saturated heterocycles. The predicted molar refractivity (Wildman–Crippen MR) is 85.1 cm³/mol. The normalized spacial score (nSPS) is 19.6. The number of hydrogen-bond acceptors (Lipinski definition) is 3. The van der Waals surface area contributed by atoms with Gasteiger partial charge in [-0.1, -0.05) is 26.8 Å². The first kappa shape index (κ1) is 15.4. The maximum atomic E-state index is 11.8. The zero-order chi connectivity index (χ0) is 15.5. The molecule has 0 atom stereocenters.